The van der Waals surface area contributed by atoms with Crippen molar-refractivity contribution in [3.05, 3.63) is 69.9 Å². The summed E-state index contributed by atoms with van der Waals surface area (Å²) in [7, 11) is -3.92. The first-order valence-corrected chi connectivity index (χ1v) is 7.98. The highest BCUT2D eigenvalue weighted by molar-refractivity contribution is 7.90. The molecule has 0 saturated carbocycles. The number of aromatic nitrogens is 1. The lowest BCUT2D eigenvalue weighted by molar-refractivity contribution is -0.383. The fourth-order valence-electron chi connectivity index (χ4n) is 2.21. The normalized spacial score (nSPS) is 11.7. The van der Waals surface area contributed by atoms with Gasteiger partial charge in [0.05, 0.1) is 26.9 Å². The van der Waals surface area contributed by atoms with Crippen LogP contribution in [0.3, 0.4) is 0 Å². The maximum absolute atomic E-state index is 12.7. The van der Waals surface area contributed by atoms with Crippen molar-refractivity contribution >= 4 is 38.2 Å². The lowest BCUT2D eigenvalue weighted by Gasteiger charge is -2.06. The molecule has 112 valence electrons. The second kappa shape index (κ2) is 5.11. The van der Waals surface area contributed by atoms with E-state index in [0.29, 0.717) is 5.02 Å². The van der Waals surface area contributed by atoms with Crippen LogP contribution in [0.25, 0.3) is 10.9 Å². The van der Waals surface area contributed by atoms with Gasteiger partial charge in [-0.2, -0.15) is 0 Å². The second-order valence-corrected chi connectivity index (χ2v) is 6.80. The summed E-state index contributed by atoms with van der Waals surface area (Å²) in [6, 6.07) is 12.1. The van der Waals surface area contributed by atoms with Crippen LogP contribution in [0.2, 0.25) is 5.02 Å². The topological polar surface area (TPSA) is 82.2 Å². The second-order valence-electron chi connectivity index (χ2n) is 4.55. The SMILES string of the molecule is O=[N+]([O-])c1cn(S(=O)(=O)c2ccccc2)c2ccc(Cl)cc12. The van der Waals surface area contributed by atoms with Crippen LogP contribution in [-0.2, 0) is 10.0 Å². The molecule has 0 amide bonds. The number of rotatable bonds is 3. The van der Waals surface area contributed by atoms with E-state index in [9.17, 15) is 18.5 Å². The van der Waals surface area contributed by atoms with Crippen LogP contribution >= 0.6 is 11.6 Å². The highest BCUT2D eigenvalue weighted by Gasteiger charge is 2.25. The van der Waals surface area contributed by atoms with Gasteiger partial charge in [0.1, 0.15) is 0 Å². The van der Waals surface area contributed by atoms with Gasteiger partial charge in [0, 0.05) is 5.02 Å². The van der Waals surface area contributed by atoms with Crippen molar-refractivity contribution in [1.29, 1.82) is 0 Å². The third kappa shape index (κ3) is 2.24. The number of halogens is 1. The van der Waals surface area contributed by atoms with Gasteiger partial charge in [-0.15, -0.1) is 0 Å². The van der Waals surface area contributed by atoms with Crippen molar-refractivity contribution < 1.29 is 13.3 Å². The van der Waals surface area contributed by atoms with Crippen molar-refractivity contribution in [3.8, 4) is 0 Å². The molecule has 0 aliphatic carbocycles. The molecule has 0 N–H and O–H groups in total. The van der Waals surface area contributed by atoms with Crippen LogP contribution in [0.15, 0.2) is 59.6 Å². The Hall–Kier alpha value is -2.38. The van der Waals surface area contributed by atoms with Crippen LogP contribution in [0.5, 0.6) is 0 Å². The molecule has 2 aromatic carbocycles. The monoisotopic (exact) mass is 336 g/mol. The molecule has 22 heavy (non-hydrogen) atoms. The lowest BCUT2D eigenvalue weighted by Crippen LogP contribution is -2.11. The molecule has 8 heteroatoms. The van der Waals surface area contributed by atoms with Crippen molar-refractivity contribution in [1.82, 2.24) is 3.97 Å². The van der Waals surface area contributed by atoms with Crippen LogP contribution in [0.4, 0.5) is 5.69 Å². The summed E-state index contributed by atoms with van der Waals surface area (Å²) in [5.41, 5.74) is -0.100. The van der Waals surface area contributed by atoms with Gasteiger partial charge in [0.2, 0.25) is 0 Å². The predicted octanol–water partition coefficient (Wildman–Crippen LogP) is 3.44. The zero-order valence-corrected chi connectivity index (χ0v) is 12.6. The Balaban J connectivity index is 2.35. The number of hydrogen-bond donors (Lipinski definition) is 0. The van der Waals surface area contributed by atoms with E-state index in [-0.39, 0.29) is 21.5 Å². The lowest BCUT2D eigenvalue weighted by atomic mass is 10.2. The average Bonchev–Trinajstić information content (AvgIpc) is 2.87. The molecule has 0 spiro atoms. The summed E-state index contributed by atoms with van der Waals surface area (Å²) in [5, 5.41) is 11.6. The van der Waals surface area contributed by atoms with E-state index in [1.165, 1.54) is 30.3 Å². The van der Waals surface area contributed by atoms with Gasteiger partial charge < -0.3 is 0 Å². The van der Waals surface area contributed by atoms with Crippen LogP contribution in [0.1, 0.15) is 0 Å². The molecule has 0 unspecified atom stereocenters. The first kappa shape index (κ1) is 14.6. The summed E-state index contributed by atoms with van der Waals surface area (Å²) < 4.78 is 26.3. The van der Waals surface area contributed by atoms with E-state index < -0.39 is 14.9 Å². The van der Waals surface area contributed by atoms with E-state index in [4.69, 9.17) is 11.6 Å². The zero-order chi connectivity index (χ0) is 15.9. The van der Waals surface area contributed by atoms with E-state index in [2.05, 4.69) is 0 Å². The number of nitrogens with zero attached hydrogens (tertiary/aromatic N) is 2. The molecule has 0 radical (unpaired) electrons. The van der Waals surface area contributed by atoms with Gasteiger partial charge in [-0.1, -0.05) is 29.8 Å². The zero-order valence-electron chi connectivity index (χ0n) is 11.0. The molecule has 3 rings (SSSR count). The molecule has 0 atom stereocenters. The van der Waals surface area contributed by atoms with Crippen molar-refractivity contribution in [2.45, 2.75) is 4.90 Å². The first-order chi connectivity index (χ1) is 10.4. The minimum absolute atomic E-state index is 0.0525. The third-order valence-corrected chi connectivity index (χ3v) is 5.13. The number of fused-ring (bicyclic) bond motifs is 1. The van der Waals surface area contributed by atoms with Crippen LogP contribution in [0, 0.1) is 10.1 Å². The number of hydrogen-bond acceptors (Lipinski definition) is 4. The fraction of sp³-hybridized carbons (Fsp3) is 0. The molecule has 0 fully saturated rings. The van der Waals surface area contributed by atoms with Gasteiger partial charge in [0.25, 0.3) is 15.7 Å². The molecular weight excluding hydrogens is 328 g/mol. The first-order valence-electron chi connectivity index (χ1n) is 6.17. The van der Waals surface area contributed by atoms with E-state index in [1.807, 2.05) is 0 Å². The standard InChI is InChI=1S/C14H9ClN2O4S/c15-10-6-7-13-12(8-10)14(17(18)19)9-16(13)22(20,21)11-4-2-1-3-5-11/h1-9H. The predicted molar refractivity (Wildman–Crippen MR) is 82.6 cm³/mol. The summed E-state index contributed by atoms with van der Waals surface area (Å²) >= 11 is 5.85. The van der Waals surface area contributed by atoms with Gasteiger partial charge in [-0.25, -0.2) is 12.4 Å². The number of nitro groups is 1. The Kier molecular flexibility index (Phi) is 3.38. The maximum atomic E-state index is 12.7. The molecule has 0 saturated heterocycles. The molecule has 6 nitrogen and oxygen atoms in total. The summed E-state index contributed by atoms with van der Waals surface area (Å²) in [6.45, 7) is 0. The summed E-state index contributed by atoms with van der Waals surface area (Å²) in [4.78, 5) is 10.6. The minimum atomic E-state index is -3.92. The Bertz CT molecular complexity index is 981. The third-order valence-electron chi connectivity index (χ3n) is 3.21. The number of benzene rings is 2. The average molecular weight is 337 g/mol. The van der Waals surface area contributed by atoms with Crippen LogP contribution < -0.4 is 0 Å². The van der Waals surface area contributed by atoms with Gasteiger partial charge in [0.15, 0.2) is 0 Å². The Morgan fingerprint density at radius 1 is 1.09 bits per heavy atom. The Morgan fingerprint density at radius 2 is 1.77 bits per heavy atom. The molecule has 0 aliphatic heterocycles. The molecule has 0 aliphatic rings. The van der Waals surface area contributed by atoms with Gasteiger partial charge in [-0.3, -0.25) is 10.1 Å². The van der Waals surface area contributed by atoms with Crippen molar-refractivity contribution in [2.24, 2.45) is 0 Å². The molecule has 0 bridgehead atoms. The Labute approximate surface area is 130 Å². The minimum Gasteiger partial charge on any atom is -0.258 e. The largest absolute Gasteiger partial charge is 0.295 e. The maximum Gasteiger partial charge on any atom is 0.295 e. The molecule has 1 heterocycles. The Morgan fingerprint density at radius 3 is 2.41 bits per heavy atom. The van der Waals surface area contributed by atoms with E-state index in [1.54, 1.807) is 18.2 Å². The highest BCUT2D eigenvalue weighted by atomic mass is 35.5. The van der Waals surface area contributed by atoms with E-state index in [0.717, 1.165) is 10.2 Å². The van der Waals surface area contributed by atoms with E-state index >= 15 is 0 Å². The van der Waals surface area contributed by atoms with Crippen molar-refractivity contribution in [3.63, 3.8) is 0 Å². The smallest absolute Gasteiger partial charge is 0.258 e. The van der Waals surface area contributed by atoms with Gasteiger partial charge in [-0.05, 0) is 30.3 Å². The summed E-state index contributed by atoms with van der Waals surface area (Å²) in [5.74, 6) is 0. The molecular formula is C14H9ClN2O4S. The highest BCUT2D eigenvalue weighted by Crippen LogP contribution is 2.32. The van der Waals surface area contributed by atoms with Crippen molar-refractivity contribution in [2.75, 3.05) is 0 Å². The van der Waals surface area contributed by atoms with Gasteiger partial charge >= 0.3 is 0 Å². The molecule has 1 aromatic heterocycles. The molecule has 3 aromatic rings. The fourth-order valence-corrected chi connectivity index (χ4v) is 3.76. The quantitative estimate of drug-likeness (QED) is 0.542. The summed E-state index contributed by atoms with van der Waals surface area (Å²) in [6.07, 6.45) is 1.00. The van der Waals surface area contributed by atoms with Crippen LogP contribution in [-0.4, -0.2) is 17.3 Å².